The van der Waals surface area contributed by atoms with Crippen LogP contribution in [0.3, 0.4) is 0 Å². The molecule has 2 nitrogen and oxygen atoms in total. The van der Waals surface area contributed by atoms with E-state index in [1.54, 1.807) is 6.07 Å². The number of alkyl halides is 3. The van der Waals surface area contributed by atoms with Crippen molar-refractivity contribution in [2.24, 2.45) is 0 Å². The molecule has 16 heavy (non-hydrogen) atoms. The van der Waals surface area contributed by atoms with Gasteiger partial charge in [-0.1, -0.05) is 17.3 Å². The molecule has 0 bridgehead atoms. The fourth-order valence-corrected chi connectivity index (χ4v) is 1.68. The first-order chi connectivity index (χ1) is 7.48. The Kier molecular flexibility index (Phi) is 2.75. The van der Waals surface area contributed by atoms with E-state index in [2.05, 4.69) is 25.6 Å². The molecule has 0 amide bonds. The Bertz CT molecular complexity index is 507. The molecule has 0 spiro atoms. The van der Waals surface area contributed by atoms with Gasteiger partial charge in [0.05, 0.1) is 11.1 Å². The summed E-state index contributed by atoms with van der Waals surface area (Å²) >= 11 is 3.09. The molecule has 2 rings (SSSR count). The number of hydrogen-bond donors (Lipinski definition) is 0. The van der Waals surface area contributed by atoms with Crippen molar-refractivity contribution in [1.29, 1.82) is 0 Å². The summed E-state index contributed by atoms with van der Waals surface area (Å²) in [6, 6.07) is 4.98. The average molecular weight is 292 g/mol. The number of nitrogens with zero attached hydrogens (tertiary/aromatic N) is 1. The van der Waals surface area contributed by atoms with E-state index in [0.717, 1.165) is 12.1 Å². The van der Waals surface area contributed by atoms with Gasteiger partial charge in [-0.25, -0.2) is 0 Å². The van der Waals surface area contributed by atoms with Crippen molar-refractivity contribution >= 4 is 15.9 Å². The maximum Gasteiger partial charge on any atom is 0.416 e. The van der Waals surface area contributed by atoms with Crippen LogP contribution in [0.2, 0.25) is 0 Å². The van der Waals surface area contributed by atoms with E-state index in [1.807, 2.05) is 0 Å². The number of aromatic nitrogens is 1. The summed E-state index contributed by atoms with van der Waals surface area (Å²) in [6.07, 6.45) is -3.06. The molecule has 1 aromatic carbocycles. The molecule has 0 unspecified atom stereocenters. The van der Waals surface area contributed by atoms with Gasteiger partial charge in [0, 0.05) is 0 Å². The fraction of sp³-hybridized carbons (Fsp3) is 0.100. The van der Waals surface area contributed by atoms with Crippen LogP contribution in [0.15, 0.2) is 39.7 Å². The highest BCUT2D eigenvalue weighted by Crippen LogP contribution is 2.33. The summed E-state index contributed by atoms with van der Waals surface area (Å²) in [6.45, 7) is 0. The third-order valence-electron chi connectivity index (χ3n) is 2.03. The minimum absolute atomic E-state index is 0.381. The van der Waals surface area contributed by atoms with Crippen molar-refractivity contribution < 1.29 is 17.7 Å². The standard InChI is InChI=1S/C10H5BrF3NO/c11-9-8(5-16-15-9)6-2-1-3-7(4-6)10(12,13)14/h1-5H. The van der Waals surface area contributed by atoms with Gasteiger partial charge in [-0.2, -0.15) is 13.2 Å². The lowest BCUT2D eigenvalue weighted by Gasteiger charge is -2.07. The Morgan fingerprint density at radius 1 is 1.25 bits per heavy atom. The fourth-order valence-electron chi connectivity index (χ4n) is 1.27. The van der Waals surface area contributed by atoms with Crippen LogP contribution in [0.4, 0.5) is 13.2 Å². The van der Waals surface area contributed by atoms with Crippen molar-refractivity contribution in [2.75, 3.05) is 0 Å². The first kappa shape index (κ1) is 11.2. The SMILES string of the molecule is FC(F)(F)c1cccc(-c2conc2Br)c1. The van der Waals surface area contributed by atoms with Crippen molar-refractivity contribution in [3.8, 4) is 11.1 Å². The van der Waals surface area contributed by atoms with Crippen molar-refractivity contribution in [3.05, 3.63) is 40.7 Å². The van der Waals surface area contributed by atoms with Crippen LogP contribution in [-0.2, 0) is 6.18 Å². The van der Waals surface area contributed by atoms with E-state index in [0.29, 0.717) is 15.7 Å². The molecule has 0 atom stereocenters. The second kappa shape index (κ2) is 3.93. The van der Waals surface area contributed by atoms with E-state index in [9.17, 15) is 13.2 Å². The van der Waals surface area contributed by atoms with Gasteiger partial charge in [0.15, 0.2) is 4.60 Å². The Labute approximate surface area is 97.2 Å². The Morgan fingerprint density at radius 3 is 2.56 bits per heavy atom. The van der Waals surface area contributed by atoms with Gasteiger partial charge in [0.1, 0.15) is 6.26 Å². The normalized spacial score (nSPS) is 11.8. The smallest absolute Gasteiger partial charge is 0.363 e. The van der Waals surface area contributed by atoms with E-state index in [4.69, 9.17) is 0 Å². The molecule has 0 radical (unpaired) electrons. The summed E-state index contributed by atoms with van der Waals surface area (Å²) in [5, 5.41) is 3.55. The maximum absolute atomic E-state index is 12.5. The van der Waals surface area contributed by atoms with Crippen molar-refractivity contribution in [2.45, 2.75) is 6.18 Å². The molecule has 0 saturated carbocycles. The lowest BCUT2D eigenvalue weighted by Crippen LogP contribution is -2.04. The Hall–Kier alpha value is -1.30. The quantitative estimate of drug-likeness (QED) is 0.790. The second-order valence-electron chi connectivity index (χ2n) is 3.10. The zero-order chi connectivity index (χ0) is 11.8. The highest BCUT2D eigenvalue weighted by atomic mass is 79.9. The molecule has 0 aliphatic carbocycles. The Balaban J connectivity index is 2.49. The second-order valence-corrected chi connectivity index (χ2v) is 3.85. The lowest BCUT2D eigenvalue weighted by atomic mass is 10.1. The van der Waals surface area contributed by atoms with Crippen LogP contribution in [0.1, 0.15) is 5.56 Å². The van der Waals surface area contributed by atoms with Gasteiger partial charge in [0.25, 0.3) is 0 Å². The van der Waals surface area contributed by atoms with E-state index < -0.39 is 11.7 Å². The summed E-state index contributed by atoms with van der Waals surface area (Å²) < 4.78 is 42.4. The predicted molar refractivity (Wildman–Crippen MR) is 54.6 cm³/mol. The van der Waals surface area contributed by atoms with Crippen LogP contribution in [0, 0.1) is 0 Å². The molecule has 6 heteroatoms. The predicted octanol–water partition coefficient (Wildman–Crippen LogP) is 4.12. The molecule has 1 heterocycles. The zero-order valence-electron chi connectivity index (χ0n) is 7.75. The molecule has 84 valence electrons. The van der Waals surface area contributed by atoms with Crippen molar-refractivity contribution in [3.63, 3.8) is 0 Å². The van der Waals surface area contributed by atoms with Gasteiger partial charge in [0.2, 0.25) is 0 Å². The highest BCUT2D eigenvalue weighted by molar-refractivity contribution is 9.10. The summed E-state index contributed by atoms with van der Waals surface area (Å²) in [4.78, 5) is 0. The number of benzene rings is 1. The first-order valence-corrected chi connectivity index (χ1v) is 5.05. The summed E-state index contributed by atoms with van der Waals surface area (Å²) in [5.74, 6) is 0. The largest absolute Gasteiger partial charge is 0.416 e. The number of halogens is 4. The Morgan fingerprint density at radius 2 is 2.00 bits per heavy atom. The van der Waals surface area contributed by atoms with Crippen LogP contribution in [0.5, 0.6) is 0 Å². The molecule has 0 N–H and O–H groups in total. The lowest BCUT2D eigenvalue weighted by molar-refractivity contribution is -0.137. The molecular weight excluding hydrogens is 287 g/mol. The summed E-state index contributed by atoms with van der Waals surface area (Å²) in [5.41, 5.74) is 0.201. The van der Waals surface area contributed by atoms with Gasteiger partial charge >= 0.3 is 6.18 Å². The van der Waals surface area contributed by atoms with E-state index >= 15 is 0 Å². The molecule has 0 aliphatic rings. The minimum atomic E-state index is -4.35. The van der Waals surface area contributed by atoms with Crippen LogP contribution >= 0.6 is 15.9 Å². The van der Waals surface area contributed by atoms with E-state index in [1.165, 1.54) is 12.3 Å². The number of rotatable bonds is 1. The molecule has 0 saturated heterocycles. The number of hydrogen-bond acceptors (Lipinski definition) is 2. The van der Waals surface area contributed by atoms with Gasteiger partial charge in [-0.05, 0) is 33.6 Å². The van der Waals surface area contributed by atoms with Crippen molar-refractivity contribution in [1.82, 2.24) is 5.16 Å². The highest BCUT2D eigenvalue weighted by Gasteiger charge is 2.30. The topological polar surface area (TPSA) is 26.0 Å². The summed E-state index contributed by atoms with van der Waals surface area (Å²) in [7, 11) is 0. The average Bonchev–Trinajstić information content (AvgIpc) is 2.63. The van der Waals surface area contributed by atoms with Gasteiger partial charge in [-0.3, -0.25) is 0 Å². The molecule has 1 aromatic heterocycles. The third kappa shape index (κ3) is 2.11. The molecular formula is C10H5BrF3NO. The van der Waals surface area contributed by atoms with Crippen LogP contribution < -0.4 is 0 Å². The van der Waals surface area contributed by atoms with Crippen LogP contribution in [-0.4, -0.2) is 5.16 Å². The first-order valence-electron chi connectivity index (χ1n) is 4.26. The van der Waals surface area contributed by atoms with E-state index in [-0.39, 0.29) is 0 Å². The zero-order valence-corrected chi connectivity index (χ0v) is 9.34. The molecule has 2 aromatic rings. The van der Waals surface area contributed by atoms with Gasteiger partial charge in [-0.15, -0.1) is 0 Å². The molecule has 0 fully saturated rings. The third-order valence-corrected chi connectivity index (χ3v) is 2.60. The van der Waals surface area contributed by atoms with Crippen LogP contribution in [0.25, 0.3) is 11.1 Å². The maximum atomic E-state index is 12.5. The minimum Gasteiger partial charge on any atom is -0.363 e. The van der Waals surface area contributed by atoms with Gasteiger partial charge < -0.3 is 4.52 Å². The monoisotopic (exact) mass is 291 g/mol. The molecule has 0 aliphatic heterocycles.